The van der Waals surface area contributed by atoms with E-state index in [-0.39, 0.29) is 11.9 Å². The van der Waals surface area contributed by atoms with Crippen LogP contribution in [0.25, 0.3) is 21.5 Å². The smallest absolute Gasteiger partial charge is 0.263 e. The topological polar surface area (TPSA) is 71.2 Å². The fourth-order valence-electron chi connectivity index (χ4n) is 4.28. The van der Waals surface area contributed by atoms with Gasteiger partial charge in [-0.2, -0.15) is 0 Å². The number of nitrogens with zero attached hydrogens (tertiary/aromatic N) is 2. The second kappa shape index (κ2) is 9.51. The summed E-state index contributed by atoms with van der Waals surface area (Å²) in [5.41, 5.74) is 9.98. The van der Waals surface area contributed by atoms with Crippen molar-refractivity contribution in [3.63, 3.8) is 0 Å². The standard InChI is InChI=1S/C26H25ClN4OS/c27-19-8-6-18(7-9-19)22-11-10-21-23(28)24(33-26(21)30-22)25(32)29-20-12-14-31(15-13-20)16-17-4-2-1-3-5-17/h1-11,20H,12-16,28H2,(H,29,32). The number of benzene rings is 2. The maximum absolute atomic E-state index is 13.0. The molecule has 0 saturated carbocycles. The van der Waals surface area contributed by atoms with Crippen molar-refractivity contribution in [3.05, 3.63) is 82.2 Å². The fraction of sp³-hybridized carbons (Fsp3) is 0.231. The monoisotopic (exact) mass is 476 g/mol. The van der Waals surface area contributed by atoms with Crippen LogP contribution in [0.2, 0.25) is 5.02 Å². The van der Waals surface area contributed by atoms with Gasteiger partial charge < -0.3 is 11.1 Å². The second-order valence-corrected chi connectivity index (χ2v) is 9.85. The minimum atomic E-state index is -0.106. The number of thiophene rings is 1. The van der Waals surface area contributed by atoms with Gasteiger partial charge in [-0.05, 0) is 42.7 Å². The summed E-state index contributed by atoms with van der Waals surface area (Å²) < 4.78 is 0. The molecule has 1 amide bonds. The molecule has 3 heterocycles. The molecule has 33 heavy (non-hydrogen) atoms. The Morgan fingerprint density at radius 1 is 1.06 bits per heavy atom. The minimum absolute atomic E-state index is 0.106. The molecule has 5 rings (SSSR count). The molecule has 0 aliphatic carbocycles. The number of hydrogen-bond donors (Lipinski definition) is 2. The van der Waals surface area contributed by atoms with Crippen molar-refractivity contribution in [2.24, 2.45) is 0 Å². The Labute approximate surface area is 202 Å². The molecule has 0 spiro atoms. The molecule has 5 nitrogen and oxygen atoms in total. The lowest BCUT2D eigenvalue weighted by Crippen LogP contribution is -2.44. The van der Waals surface area contributed by atoms with E-state index in [1.54, 1.807) is 0 Å². The van der Waals surface area contributed by atoms with Crippen LogP contribution in [0, 0.1) is 0 Å². The first-order chi connectivity index (χ1) is 16.1. The third-order valence-electron chi connectivity index (χ3n) is 6.11. The number of anilines is 1. The molecule has 4 aromatic rings. The van der Waals surface area contributed by atoms with Gasteiger partial charge in [0.05, 0.1) is 11.4 Å². The summed E-state index contributed by atoms with van der Waals surface area (Å²) in [5.74, 6) is -0.106. The van der Waals surface area contributed by atoms with Crippen LogP contribution < -0.4 is 11.1 Å². The average molecular weight is 477 g/mol. The maximum Gasteiger partial charge on any atom is 0.263 e. The van der Waals surface area contributed by atoms with E-state index in [9.17, 15) is 4.79 Å². The summed E-state index contributed by atoms with van der Waals surface area (Å²) in [6.45, 7) is 2.88. The van der Waals surface area contributed by atoms with E-state index in [0.29, 0.717) is 15.6 Å². The van der Waals surface area contributed by atoms with Gasteiger partial charge in [-0.15, -0.1) is 11.3 Å². The number of hydrogen-bond acceptors (Lipinski definition) is 5. The molecule has 168 valence electrons. The number of nitrogen functional groups attached to an aromatic ring is 1. The molecule has 2 aromatic heterocycles. The van der Waals surface area contributed by atoms with Gasteiger partial charge in [0.2, 0.25) is 0 Å². The van der Waals surface area contributed by atoms with Crippen molar-refractivity contribution < 1.29 is 4.79 Å². The highest BCUT2D eigenvalue weighted by atomic mass is 35.5. The van der Waals surface area contributed by atoms with Gasteiger partial charge in [0.1, 0.15) is 9.71 Å². The maximum atomic E-state index is 13.0. The summed E-state index contributed by atoms with van der Waals surface area (Å²) in [6.07, 6.45) is 1.87. The van der Waals surface area contributed by atoms with E-state index in [1.807, 2.05) is 42.5 Å². The zero-order valence-electron chi connectivity index (χ0n) is 18.1. The molecule has 2 aromatic carbocycles. The number of likely N-dealkylation sites (tertiary alicyclic amines) is 1. The van der Waals surface area contributed by atoms with Crippen molar-refractivity contribution in [1.29, 1.82) is 0 Å². The van der Waals surface area contributed by atoms with Crippen LogP contribution in [0.3, 0.4) is 0 Å². The van der Waals surface area contributed by atoms with Crippen LogP contribution in [-0.4, -0.2) is 34.9 Å². The number of rotatable bonds is 5. The lowest BCUT2D eigenvalue weighted by atomic mass is 10.0. The number of nitrogens with two attached hydrogens (primary N) is 1. The Hall–Kier alpha value is -2.93. The second-order valence-electron chi connectivity index (χ2n) is 8.41. The number of halogens is 1. The molecule has 1 saturated heterocycles. The number of nitrogens with one attached hydrogen (secondary N) is 1. The molecule has 7 heteroatoms. The summed E-state index contributed by atoms with van der Waals surface area (Å²) in [4.78, 5) is 21.5. The van der Waals surface area contributed by atoms with E-state index in [0.717, 1.165) is 53.9 Å². The van der Waals surface area contributed by atoms with Crippen molar-refractivity contribution in [1.82, 2.24) is 15.2 Å². The van der Waals surface area contributed by atoms with Crippen LogP contribution in [0.1, 0.15) is 28.1 Å². The van der Waals surface area contributed by atoms with Gasteiger partial charge >= 0.3 is 0 Å². The van der Waals surface area contributed by atoms with E-state index in [4.69, 9.17) is 22.3 Å². The minimum Gasteiger partial charge on any atom is -0.397 e. The van der Waals surface area contributed by atoms with Crippen molar-refractivity contribution in [3.8, 4) is 11.3 Å². The van der Waals surface area contributed by atoms with Gasteiger partial charge in [0.25, 0.3) is 5.91 Å². The Morgan fingerprint density at radius 2 is 1.79 bits per heavy atom. The van der Waals surface area contributed by atoms with Crippen LogP contribution in [0.15, 0.2) is 66.7 Å². The highest BCUT2D eigenvalue weighted by molar-refractivity contribution is 7.21. The number of pyridine rings is 1. The third kappa shape index (κ3) is 4.88. The summed E-state index contributed by atoms with van der Waals surface area (Å²) in [6, 6.07) is 22.1. The molecule has 3 N–H and O–H groups in total. The number of amides is 1. The fourth-order valence-corrected chi connectivity index (χ4v) is 5.40. The molecule has 1 fully saturated rings. The summed E-state index contributed by atoms with van der Waals surface area (Å²) >= 11 is 7.35. The van der Waals surface area contributed by atoms with E-state index >= 15 is 0 Å². The summed E-state index contributed by atoms with van der Waals surface area (Å²) in [5, 5.41) is 4.70. The zero-order chi connectivity index (χ0) is 22.8. The zero-order valence-corrected chi connectivity index (χ0v) is 19.7. The average Bonchev–Trinajstić information content (AvgIpc) is 3.17. The van der Waals surface area contributed by atoms with E-state index < -0.39 is 0 Å². The molecular weight excluding hydrogens is 452 g/mol. The highest BCUT2D eigenvalue weighted by Gasteiger charge is 2.24. The molecule has 0 unspecified atom stereocenters. The van der Waals surface area contributed by atoms with Gasteiger partial charge in [-0.25, -0.2) is 4.98 Å². The molecule has 1 aliphatic heterocycles. The number of carbonyl (C=O) groups excluding carboxylic acids is 1. The molecular formula is C26H25ClN4OS. The Morgan fingerprint density at radius 3 is 2.52 bits per heavy atom. The lowest BCUT2D eigenvalue weighted by molar-refractivity contribution is 0.0914. The highest BCUT2D eigenvalue weighted by Crippen LogP contribution is 2.34. The van der Waals surface area contributed by atoms with E-state index in [1.165, 1.54) is 16.9 Å². The van der Waals surface area contributed by atoms with Crippen molar-refractivity contribution in [2.75, 3.05) is 18.8 Å². The van der Waals surface area contributed by atoms with Crippen molar-refractivity contribution >= 4 is 44.7 Å². The van der Waals surface area contributed by atoms with Crippen LogP contribution >= 0.6 is 22.9 Å². The first kappa shape index (κ1) is 21.9. The quantitative estimate of drug-likeness (QED) is 0.393. The molecule has 0 bridgehead atoms. The Kier molecular flexibility index (Phi) is 6.31. The Balaban J connectivity index is 1.25. The lowest BCUT2D eigenvalue weighted by Gasteiger charge is -2.32. The van der Waals surface area contributed by atoms with E-state index in [2.05, 4.69) is 34.5 Å². The summed E-state index contributed by atoms with van der Waals surface area (Å²) in [7, 11) is 0. The van der Waals surface area contributed by atoms with Crippen molar-refractivity contribution in [2.45, 2.75) is 25.4 Å². The predicted octanol–water partition coefficient (Wildman–Crippen LogP) is 5.59. The number of aromatic nitrogens is 1. The SMILES string of the molecule is Nc1c(C(=O)NC2CCN(Cc3ccccc3)CC2)sc2nc(-c3ccc(Cl)cc3)ccc12. The normalized spacial score (nSPS) is 15.1. The van der Waals surface area contributed by atoms with Crippen LogP contribution in [-0.2, 0) is 6.54 Å². The molecule has 0 atom stereocenters. The van der Waals surface area contributed by atoms with Gasteiger partial charge in [-0.3, -0.25) is 9.69 Å². The number of carbonyl (C=O) groups is 1. The van der Waals surface area contributed by atoms with Gasteiger partial charge in [0.15, 0.2) is 0 Å². The Bertz CT molecular complexity index is 1260. The van der Waals surface area contributed by atoms with Gasteiger partial charge in [-0.1, -0.05) is 54.1 Å². The van der Waals surface area contributed by atoms with Crippen LogP contribution in [0.5, 0.6) is 0 Å². The first-order valence-corrected chi connectivity index (χ1v) is 12.3. The predicted molar refractivity (Wildman–Crippen MR) is 137 cm³/mol. The molecule has 0 radical (unpaired) electrons. The number of piperidine rings is 1. The largest absolute Gasteiger partial charge is 0.397 e. The number of fused-ring (bicyclic) bond motifs is 1. The molecule has 1 aliphatic rings. The first-order valence-electron chi connectivity index (χ1n) is 11.1. The van der Waals surface area contributed by atoms with Gasteiger partial charge in [0, 0.05) is 41.6 Å². The van der Waals surface area contributed by atoms with Crippen LogP contribution in [0.4, 0.5) is 5.69 Å². The third-order valence-corrected chi connectivity index (χ3v) is 7.48.